The standard InChI is InChI=1S/C14H8N2O3S/c15-5-9-12(18)11-10(6-20-14(11)16-13(9)19)7-1-3-8(17)4-2-7/h1-4,6,17H,(H2,16,18,19). The number of benzene rings is 1. The van der Waals surface area contributed by atoms with Crippen LogP contribution in [0.4, 0.5) is 0 Å². The molecule has 0 aliphatic carbocycles. The van der Waals surface area contributed by atoms with Gasteiger partial charge in [0.05, 0.1) is 5.39 Å². The predicted molar refractivity (Wildman–Crippen MR) is 75.9 cm³/mol. The van der Waals surface area contributed by atoms with Gasteiger partial charge in [0.15, 0.2) is 5.56 Å². The van der Waals surface area contributed by atoms with Crippen molar-refractivity contribution in [2.75, 3.05) is 0 Å². The van der Waals surface area contributed by atoms with E-state index in [0.29, 0.717) is 15.8 Å². The number of H-pyrrole nitrogens is 1. The summed E-state index contributed by atoms with van der Waals surface area (Å²) in [6.45, 7) is 0. The second-order valence-electron chi connectivity index (χ2n) is 4.19. The Bertz CT molecular complexity index is 901. The molecule has 1 aromatic carbocycles. The van der Waals surface area contributed by atoms with E-state index >= 15 is 0 Å². The Morgan fingerprint density at radius 2 is 1.90 bits per heavy atom. The Morgan fingerprint density at radius 1 is 1.20 bits per heavy atom. The first-order valence-electron chi connectivity index (χ1n) is 5.67. The molecule has 5 nitrogen and oxygen atoms in total. The highest BCUT2D eigenvalue weighted by Gasteiger charge is 2.17. The van der Waals surface area contributed by atoms with Gasteiger partial charge in [0.1, 0.15) is 22.4 Å². The van der Waals surface area contributed by atoms with Crippen molar-refractivity contribution in [1.29, 1.82) is 5.26 Å². The number of pyridine rings is 1. The summed E-state index contributed by atoms with van der Waals surface area (Å²) in [4.78, 5) is 14.7. The van der Waals surface area contributed by atoms with Crippen molar-refractivity contribution >= 4 is 21.6 Å². The van der Waals surface area contributed by atoms with Crippen molar-refractivity contribution in [3.8, 4) is 28.7 Å². The van der Waals surface area contributed by atoms with Crippen molar-refractivity contribution in [2.24, 2.45) is 0 Å². The number of hydrogen-bond donors (Lipinski definition) is 3. The van der Waals surface area contributed by atoms with Gasteiger partial charge in [-0.25, -0.2) is 0 Å². The van der Waals surface area contributed by atoms with Gasteiger partial charge in [-0.1, -0.05) is 12.1 Å². The van der Waals surface area contributed by atoms with Crippen LogP contribution in [0.2, 0.25) is 0 Å². The van der Waals surface area contributed by atoms with Crippen molar-refractivity contribution < 1.29 is 10.2 Å². The third-order valence-electron chi connectivity index (χ3n) is 3.01. The molecule has 0 aliphatic rings. The van der Waals surface area contributed by atoms with Crippen LogP contribution in [0.3, 0.4) is 0 Å². The SMILES string of the molecule is N#Cc1c(O)c2c(-c3ccc(O)cc3)csc2[nH]c1=O. The first-order valence-corrected chi connectivity index (χ1v) is 6.55. The number of aromatic hydroxyl groups is 2. The predicted octanol–water partition coefficient (Wildman–Crippen LogP) is 2.54. The van der Waals surface area contributed by atoms with Crippen LogP contribution in [0.5, 0.6) is 11.5 Å². The molecule has 2 aromatic heterocycles. The molecule has 3 N–H and O–H groups in total. The molecular formula is C14H8N2O3S. The molecule has 0 radical (unpaired) electrons. The molecular weight excluding hydrogens is 276 g/mol. The second-order valence-corrected chi connectivity index (χ2v) is 5.07. The van der Waals surface area contributed by atoms with Gasteiger partial charge in [0, 0.05) is 10.9 Å². The van der Waals surface area contributed by atoms with E-state index in [1.807, 2.05) is 0 Å². The fourth-order valence-electron chi connectivity index (χ4n) is 2.04. The molecule has 0 saturated carbocycles. The van der Waals surface area contributed by atoms with E-state index in [-0.39, 0.29) is 17.1 Å². The zero-order chi connectivity index (χ0) is 14.3. The normalized spacial score (nSPS) is 10.6. The Morgan fingerprint density at radius 3 is 2.55 bits per heavy atom. The van der Waals surface area contributed by atoms with Gasteiger partial charge in [-0.3, -0.25) is 4.79 Å². The van der Waals surface area contributed by atoms with Crippen LogP contribution in [0, 0.1) is 11.3 Å². The van der Waals surface area contributed by atoms with Gasteiger partial charge in [-0.2, -0.15) is 5.26 Å². The van der Waals surface area contributed by atoms with E-state index in [1.165, 1.54) is 23.5 Å². The van der Waals surface area contributed by atoms with Crippen LogP contribution in [0.25, 0.3) is 21.3 Å². The number of aromatic amines is 1. The Kier molecular flexibility index (Phi) is 2.70. The molecule has 3 aromatic rings. The summed E-state index contributed by atoms with van der Waals surface area (Å²) < 4.78 is 0. The maximum Gasteiger partial charge on any atom is 0.270 e. The Balaban J connectivity index is 2.36. The number of nitrogens with zero attached hydrogens (tertiary/aromatic N) is 1. The number of rotatable bonds is 1. The van der Waals surface area contributed by atoms with Crippen LogP contribution in [0.15, 0.2) is 34.4 Å². The third kappa shape index (κ3) is 1.73. The summed E-state index contributed by atoms with van der Waals surface area (Å²) in [5.74, 6) is -0.167. The number of hydrogen-bond acceptors (Lipinski definition) is 5. The van der Waals surface area contributed by atoms with E-state index in [9.17, 15) is 15.0 Å². The van der Waals surface area contributed by atoms with E-state index in [0.717, 1.165) is 5.56 Å². The molecule has 6 heteroatoms. The lowest BCUT2D eigenvalue weighted by Gasteiger charge is -2.03. The average Bonchev–Trinajstić information content (AvgIpc) is 2.84. The molecule has 3 rings (SSSR count). The monoisotopic (exact) mass is 284 g/mol. The average molecular weight is 284 g/mol. The van der Waals surface area contributed by atoms with Crippen molar-refractivity contribution in [1.82, 2.24) is 4.98 Å². The van der Waals surface area contributed by atoms with Crippen LogP contribution >= 0.6 is 11.3 Å². The summed E-state index contributed by atoms with van der Waals surface area (Å²) in [5.41, 5.74) is 0.586. The lowest BCUT2D eigenvalue weighted by molar-refractivity contribution is 0.475. The number of fused-ring (bicyclic) bond motifs is 1. The first kappa shape index (κ1) is 12.3. The van der Waals surface area contributed by atoms with E-state index < -0.39 is 5.56 Å². The van der Waals surface area contributed by atoms with Gasteiger partial charge in [0.25, 0.3) is 5.56 Å². The lowest BCUT2D eigenvalue weighted by atomic mass is 10.0. The van der Waals surface area contributed by atoms with Gasteiger partial charge in [-0.15, -0.1) is 11.3 Å². The quantitative estimate of drug-likeness (QED) is 0.639. The number of thiophene rings is 1. The zero-order valence-corrected chi connectivity index (χ0v) is 10.9. The maximum absolute atomic E-state index is 11.6. The topological polar surface area (TPSA) is 97.1 Å². The summed E-state index contributed by atoms with van der Waals surface area (Å²) in [6, 6.07) is 8.18. The first-order chi connectivity index (χ1) is 9.61. The fraction of sp³-hybridized carbons (Fsp3) is 0. The van der Waals surface area contributed by atoms with Crippen LogP contribution < -0.4 is 5.56 Å². The molecule has 0 atom stereocenters. The second kappa shape index (κ2) is 4.40. The Hall–Kier alpha value is -2.78. The van der Waals surface area contributed by atoms with Gasteiger partial charge in [0.2, 0.25) is 0 Å². The van der Waals surface area contributed by atoms with Gasteiger partial charge >= 0.3 is 0 Å². The van der Waals surface area contributed by atoms with Crippen molar-refractivity contribution in [3.05, 3.63) is 45.6 Å². The molecule has 0 fully saturated rings. The third-order valence-corrected chi connectivity index (χ3v) is 3.90. The van der Waals surface area contributed by atoms with Crippen molar-refractivity contribution in [3.63, 3.8) is 0 Å². The number of phenolic OH excluding ortho intramolecular Hbond substituents is 1. The summed E-state index contributed by atoms with van der Waals surface area (Å²) in [6.07, 6.45) is 0. The van der Waals surface area contributed by atoms with Crippen molar-refractivity contribution in [2.45, 2.75) is 0 Å². The van der Waals surface area contributed by atoms with E-state index in [4.69, 9.17) is 5.26 Å². The van der Waals surface area contributed by atoms with Gasteiger partial charge in [-0.05, 0) is 17.7 Å². The molecule has 0 aliphatic heterocycles. The minimum Gasteiger partial charge on any atom is -0.508 e. The minimum atomic E-state index is -0.600. The highest BCUT2D eigenvalue weighted by Crippen LogP contribution is 2.38. The molecule has 20 heavy (non-hydrogen) atoms. The van der Waals surface area contributed by atoms with E-state index in [2.05, 4.69) is 4.98 Å². The largest absolute Gasteiger partial charge is 0.508 e. The maximum atomic E-state index is 11.6. The number of nitriles is 1. The smallest absolute Gasteiger partial charge is 0.270 e. The number of nitrogens with one attached hydrogen (secondary N) is 1. The minimum absolute atomic E-state index is 0.142. The van der Waals surface area contributed by atoms with E-state index in [1.54, 1.807) is 23.6 Å². The van der Waals surface area contributed by atoms with Crippen LogP contribution in [-0.2, 0) is 0 Å². The molecule has 2 heterocycles. The molecule has 98 valence electrons. The Labute approximate surface area is 117 Å². The molecule has 0 saturated heterocycles. The fourth-order valence-corrected chi connectivity index (χ4v) is 3.01. The molecule has 0 spiro atoms. The summed E-state index contributed by atoms with van der Waals surface area (Å²) >= 11 is 1.27. The summed E-state index contributed by atoms with van der Waals surface area (Å²) in [5, 5.41) is 30.6. The summed E-state index contributed by atoms with van der Waals surface area (Å²) in [7, 11) is 0. The van der Waals surface area contributed by atoms with Crippen LogP contribution in [-0.4, -0.2) is 15.2 Å². The number of aromatic nitrogens is 1. The van der Waals surface area contributed by atoms with Crippen LogP contribution in [0.1, 0.15) is 5.56 Å². The zero-order valence-electron chi connectivity index (χ0n) is 10.0. The highest BCUT2D eigenvalue weighted by molar-refractivity contribution is 7.17. The highest BCUT2D eigenvalue weighted by atomic mass is 32.1. The molecule has 0 bridgehead atoms. The molecule has 0 amide bonds. The van der Waals surface area contributed by atoms with Gasteiger partial charge < -0.3 is 15.2 Å². The number of phenols is 1. The lowest BCUT2D eigenvalue weighted by Crippen LogP contribution is -2.09. The molecule has 0 unspecified atom stereocenters.